The van der Waals surface area contributed by atoms with Gasteiger partial charge in [0.1, 0.15) is 6.54 Å². The van der Waals surface area contributed by atoms with Crippen molar-refractivity contribution in [2.45, 2.75) is 6.54 Å². The minimum Gasteiger partial charge on any atom is -0.337 e. The van der Waals surface area contributed by atoms with Crippen LogP contribution in [0.2, 0.25) is 5.02 Å². The highest BCUT2D eigenvalue weighted by atomic mass is 35.5. The largest absolute Gasteiger partial charge is 0.337 e. The van der Waals surface area contributed by atoms with E-state index in [0.717, 1.165) is 4.88 Å². The lowest BCUT2D eigenvalue weighted by molar-refractivity contribution is 0.370. The molecule has 0 saturated heterocycles. The van der Waals surface area contributed by atoms with Gasteiger partial charge in [-0.3, -0.25) is 9.36 Å². The van der Waals surface area contributed by atoms with Crippen LogP contribution in [0, 0.1) is 0 Å². The molecule has 0 fully saturated rings. The summed E-state index contributed by atoms with van der Waals surface area (Å²) in [5.41, 5.74) is 0.397. The van der Waals surface area contributed by atoms with E-state index in [1.807, 2.05) is 17.5 Å². The second-order valence-electron chi connectivity index (χ2n) is 4.83. The predicted molar refractivity (Wildman–Crippen MR) is 87.7 cm³/mol. The third-order valence-electron chi connectivity index (χ3n) is 3.30. The van der Waals surface area contributed by atoms with Gasteiger partial charge >= 0.3 is 0 Å². The van der Waals surface area contributed by atoms with E-state index in [1.54, 1.807) is 18.2 Å². The van der Waals surface area contributed by atoms with Gasteiger partial charge in [-0.25, -0.2) is 4.98 Å². The predicted octanol–water partition coefficient (Wildman–Crippen LogP) is 3.21. The Bertz CT molecular complexity index is 1040. The molecule has 3 heterocycles. The monoisotopic (exact) mass is 344 g/mol. The summed E-state index contributed by atoms with van der Waals surface area (Å²) in [6.07, 6.45) is 1.47. The summed E-state index contributed by atoms with van der Waals surface area (Å²) < 4.78 is 6.64. The van der Waals surface area contributed by atoms with E-state index in [-0.39, 0.29) is 12.1 Å². The normalized spacial score (nSPS) is 11.2. The van der Waals surface area contributed by atoms with Gasteiger partial charge in [0, 0.05) is 5.02 Å². The van der Waals surface area contributed by atoms with Gasteiger partial charge in [-0.2, -0.15) is 4.98 Å². The van der Waals surface area contributed by atoms with Crippen LogP contribution in [0.5, 0.6) is 0 Å². The number of hydrogen-bond acceptors (Lipinski definition) is 6. The van der Waals surface area contributed by atoms with Crippen molar-refractivity contribution in [3.8, 4) is 10.7 Å². The van der Waals surface area contributed by atoms with Crippen molar-refractivity contribution < 1.29 is 4.52 Å². The molecule has 8 heteroatoms. The summed E-state index contributed by atoms with van der Waals surface area (Å²) in [5.74, 6) is 0.860. The number of rotatable bonds is 3. The van der Waals surface area contributed by atoms with E-state index in [0.29, 0.717) is 27.6 Å². The molecule has 0 spiro atoms. The van der Waals surface area contributed by atoms with Gasteiger partial charge in [0.05, 0.1) is 22.1 Å². The average Bonchev–Trinajstić information content (AvgIpc) is 3.22. The van der Waals surface area contributed by atoms with Crippen molar-refractivity contribution in [2.24, 2.45) is 0 Å². The van der Waals surface area contributed by atoms with Crippen molar-refractivity contribution in [3.05, 3.63) is 63.3 Å². The summed E-state index contributed by atoms with van der Waals surface area (Å²) >= 11 is 7.47. The fraction of sp³-hybridized carbons (Fsp3) is 0.0667. The van der Waals surface area contributed by atoms with E-state index in [1.165, 1.54) is 22.2 Å². The minimum absolute atomic E-state index is 0.159. The molecule has 0 atom stereocenters. The number of thiophene rings is 1. The van der Waals surface area contributed by atoms with Crippen LogP contribution < -0.4 is 5.56 Å². The molecule has 0 unspecified atom stereocenters. The summed E-state index contributed by atoms with van der Waals surface area (Å²) in [6, 6.07) is 8.84. The lowest BCUT2D eigenvalue weighted by atomic mass is 10.2. The first kappa shape index (κ1) is 14.1. The summed E-state index contributed by atoms with van der Waals surface area (Å²) in [5, 5.41) is 6.81. The lowest BCUT2D eigenvalue weighted by Gasteiger charge is -2.03. The van der Waals surface area contributed by atoms with Crippen molar-refractivity contribution in [1.29, 1.82) is 0 Å². The first-order valence-electron chi connectivity index (χ1n) is 6.72. The Morgan fingerprint density at radius 3 is 3.04 bits per heavy atom. The molecule has 3 aromatic heterocycles. The number of fused-ring (bicyclic) bond motifs is 1. The molecular formula is C15H9ClN4O2S. The van der Waals surface area contributed by atoms with Crippen LogP contribution in [0.1, 0.15) is 5.89 Å². The van der Waals surface area contributed by atoms with Crippen LogP contribution in [-0.4, -0.2) is 19.7 Å². The van der Waals surface area contributed by atoms with Crippen LogP contribution >= 0.6 is 22.9 Å². The molecule has 0 aliphatic heterocycles. The molecule has 0 aliphatic carbocycles. The minimum atomic E-state index is -0.201. The summed E-state index contributed by atoms with van der Waals surface area (Å²) in [7, 11) is 0. The van der Waals surface area contributed by atoms with Crippen LogP contribution in [0.15, 0.2) is 51.4 Å². The van der Waals surface area contributed by atoms with E-state index in [9.17, 15) is 4.79 Å². The van der Waals surface area contributed by atoms with Crippen LogP contribution in [0.25, 0.3) is 21.6 Å². The zero-order valence-corrected chi connectivity index (χ0v) is 13.2. The fourth-order valence-corrected chi connectivity index (χ4v) is 3.04. The Hall–Kier alpha value is -2.51. The number of nitrogens with zero attached hydrogens (tertiary/aromatic N) is 4. The lowest BCUT2D eigenvalue weighted by Crippen LogP contribution is -2.21. The van der Waals surface area contributed by atoms with Gasteiger partial charge in [-0.1, -0.05) is 22.8 Å². The Morgan fingerprint density at radius 1 is 1.30 bits per heavy atom. The van der Waals surface area contributed by atoms with Crippen LogP contribution in [0.3, 0.4) is 0 Å². The highest BCUT2D eigenvalue weighted by molar-refractivity contribution is 7.13. The number of benzene rings is 1. The maximum Gasteiger partial charge on any atom is 0.261 e. The standard InChI is InChI=1S/C15H9ClN4O2S/c16-9-3-4-11-10(6-9)15(21)20(8-17-11)7-13-18-14(19-22-13)12-2-1-5-23-12/h1-6,8H,7H2. The molecular weight excluding hydrogens is 336 g/mol. The Labute approximate surface area is 139 Å². The topological polar surface area (TPSA) is 73.8 Å². The van der Waals surface area contributed by atoms with Gasteiger partial charge in [0.25, 0.3) is 5.56 Å². The number of aromatic nitrogens is 4. The molecule has 1 aromatic carbocycles. The zero-order chi connectivity index (χ0) is 15.8. The Morgan fingerprint density at radius 2 is 2.22 bits per heavy atom. The maximum absolute atomic E-state index is 12.5. The van der Waals surface area contributed by atoms with E-state index >= 15 is 0 Å². The molecule has 4 aromatic rings. The SMILES string of the molecule is O=c1c2cc(Cl)ccc2ncn1Cc1nc(-c2cccs2)no1. The molecule has 0 N–H and O–H groups in total. The smallest absolute Gasteiger partial charge is 0.261 e. The molecule has 114 valence electrons. The Balaban J connectivity index is 1.70. The van der Waals surface area contributed by atoms with Crippen molar-refractivity contribution in [1.82, 2.24) is 19.7 Å². The first-order chi connectivity index (χ1) is 11.2. The van der Waals surface area contributed by atoms with Gasteiger partial charge in [0.2, 0.25) is 11.7 Å². The van der Waals surface area contributed by atoms with E-state index in [4.69, 9.17) is 16.1 Å². The van der Waals surface area contributed by atoms with Gasteiger partial charge in [-0.05, 0) is 29.6 Å². The van der Waals surface area contributed by atoms with Gasteiger partial charge < -0.3 is 4.52 Å². The second kappa shape index (κ2) is 5.60. The fourth-order valence-electron chi connectivity index (χ4n) is 2.21. The van der Waals surface area contributed by atoms with Crippen molar-refractivity contribution >= 4 is 33.8 Å². The number of halogens is 1. The molecule has 23 heavy (non-hydrogen) atoms. The maximum atomic E-state index is 12.5. The third kappa shape index (κ3) is 2.64. The number of hydrogen-bond donors (Lipinski definition) is 0. The van der Waals surface area contributed by atoms with E-state index < -0.39 is 0 Å². The van der Waals surface area contributed by atoms with Crippen molar-refractivity contribution in [2.75, 3.05) is 0 Å². The quantitative estimate of drug-likeness (QED) is 0.570. The summed E-state index contributed by atoms with van der Waals surface area (Å²) in [4.78, 5) is 22.0. The third-order valence-corrected chi connectivity index (χ3v) is 4.40. The molecule has 6 nitrogen and oxygen atoms in total. The van der Waals surface area contributed by atoms with Crippen LogP contribution in [-0.2, 0) is 6.54 Å². The molecule has 0 saturated carbocycles. The Kier molecular flexibility index (Phi) is 3.44. The summed E-state index contributed by atoms with van der Waals surface area (Å²) in [6.45, 7) is 0.159. The van der Waals surface area contributed by atoms with E-state index in [2.05, 4.69) is 15.1 Å². The second-order valence-corrected chi connectivity index (χ2v) is 6.21. The highest BCUT2D eigenvalue weighted by Crippen LogP contribution is 2.21. The average molecular weight is 345 g/mol. The first-order valence-corrected chi connectivity index (χ1v) is 7.97. The van der Waals surface area contributed by atoms with Gasteiger partial charge in [-0.15, -0.1) is 11.3 Å². The molecule has 0 radical (unpaired) electrons. The van der Waals surface area contributed by atoms with Crippen molar-refractivity contribution in [3.63, 3.8) is 0 Å². The van der Waals surface area contributed by atoms with Gasteiger partial charge in [0.15, 0.2) is 0 Å². The zero-order valence-electron chi connectivity index (χ0n) is 11.6. The van der Waals surface area contributed by atoms with Crippen LogP contribution in [0.4, 0.5) is 0 Å². The molecule has 0 bridgehead atoms. The molecule has 0 amide bonds. The molecule has 0 aliphatic rings. The highest BCUT2D eigenvalue weighted by Gasteiger charge is 2.12. The molecule has 4 rings (SSSR count).